The Morgan fingerprint density at radius 3 is 2.30 bits per heavy atom. The minimum Gasteiger partial charge on any atom is -0.392 e. The number of hydrogen-bond acceptors (Lipinski definition) is 4. The Hall–Kier alpha value is -1.87. The molecule has 2 aliphatic rings. The van der Waals surface area contributed by atoms with Gasteiger partial charge in [0.25, 0.3) is 0 Å². The summed E-state index contributed by atoms with van der Waals surface area (Å²) in [5.74, 6) is -0.603. The monoisotopic (exact) mass is 455 g/mol. The fraction of sp³-hybridized carbons (Fsp3) is 0.429. The highest BCUT2D eigenvalue weighted by molar-refractivity contribution is 7.95. The van der Waals surface area contributed by atoms with Crippen LogP contribution in [0.2, 0.25) is 0 Å². The summed E-state index contributed by atoms with van der Waals surface area (Å²) in [5.41, 5.74) is 0.897. The number of anilines is 3. The van der Waals surface area contributed by atoms with Gasteiger partial charge < -0.3 is 10.4 Å². The number of hydrogen-bond donors (Lipinski definition) is 2. The average molecular weight is 456 g/mol. The Kier molecular flexibility index (Phi) is 7.23. The summed E-state index contributed by atoms with van der Waals surface area (Å²) in [7, 11) is -3.99. The zero-order valence-corrected chi connectivity index (χ0v) is 18.2. The Balaban J connectivity index is 0.00000256. The smallest absolute Gasteiger partial charge is 0.331 e. The van der Waals surface area contributed by atoms with Crippen LogP contribution in [0.25, 0.3) is 0 Å². The number of aliphatic hydroxyl groups excluding tert-OH is 1. The van der Waals surface area contributed by atoms with Crippen molar-refractivity contribution in [3.63, 3.8) is 0 Å². The molecule has 1 fully saturated rings. The van der Waals surface area contributed by atoms with E-state index in [1.54, 1.807) is 30.3 Å². The van der Waals surface area contributed by atoms with Crippen molar-refractivity contribution in [2.75, 3.05) is 21.7 Å². The van der Waals surface area contributed by atoms with Gasteiger partial charge in [-0.25, -0.2) is 8.70 Å². The molecule has 0 radical (unpaired) electrons. The molecular weight excluding hydrogens is 429 g/mol. The van der Waals surface area contributed by atoms with Crippen LogP contribution in [0.1, 0.15) is 32.1 Å². The molecule has 0 spiro atoms. The zero-order chi connectivity index (χ0) is 20.4. The van der Waals surface area contributed by atoms with E-state index in [9.17, 15) is 17.9 Å². The van der Waals surface area contributed by atoms with Crippen molar-refractivity contribution in [2.45, 2.75) is 44.2 Å². The minimum atomic E-state index is -3.99. The van der Waals surface area contributed by atoms with Crippen LogP contribution in [0, 0.1) is 5.82 Å². The fourth-order valence-corrected chi connectivity index (χ4v) is 5.84. The van der Waals surface area contributed by atoms with E-state index in [1.807, 2.05) is 0 Å². The first-order valence-electron chi connectivity index (χ1n) is 10.1. The Bertz CT molecular complexity index is 969. The normalized spacial score (nSPS) is 18.9. The second-order valence-corrected chi connectivity index (χ2v) is 9.32. The van der Waals surface area contributed by atoms with Gasteiger partial charge in [-0.05, 0) is 43.5 Å². The van der Waals surface area contributed by atoms with Gasteiger partial charge >= 0.3 is 10.2 Å². The van der Waals surface area contributed by atoms with Crippen molar-refractivity contribution in [2.24, 2.45) is 0 Å². The number of rotatable bonds is 7. The average Bonchev–Trinajstić information content (AvgIpc) is 3.29. The van der Waals surface area contributed by atoms with Gasteiger partial charge in [0.05, 0.1) is 23.2 Å². The predicted octanol–water partition coefficient (Wildman–Crippen LogP) is 3.73. The summed E-state index contributed by atoms with van der Waals surface area (Å²) < 4.78 is 43.2. The maximum absolute atomic E-state index is 14.4. The molecule has 1 aliphatic carbocycles. The van der Waals surface area contributed by atoms with Crippen molar-refractivity contribution >= 4 is 39.7 Å². The molecule has 9 heteroatoms. The van der Waals surface area contributed by atoms with E-state index in [2.05, 4.69) is 5.32 Å². The highest BCUT2D eigenvalue weighted by atomic mass is 35.5. The molecule has 2 aromatic carbocycles. The molecule has 164 valence electrons. The predicted molar refractivity (Wildman–Crippen MR) is 119 cm³/mol. The van der Waals surface area contributed by atoms with E-state index in [4.69, 9.17) is 0 Å². The molecule has 0 bridgehead atoms. The van der Waals surface area contributed by atoms with Crippen LogP contribution in [-0.2, 0) is 10.2 Å². The first-order valence-corrected chi connectivity index (χ1v) is 11.5. The maximum Gasteiger partial charge on any atom is 0.331 e. The lowest BCUT2D eigenvalue weighted by molar-refractivity contribution is 0.160. The summed E-state index contributed by atoms with van der Waals surface area (Å²) in [4.78, 5) is 0. The van der Waals surface area contributed by atoms with Gasteiger partial charge in [-0.1, -0.05) is 37.1 Å². The summed E-state index contributed by atoms with van der Waals surface area (Å²) >= 11 is 0. The second-order valence-electron chi connectivity index (χ2n) is 7.62. The summed E-state index contributed by atoms with van der Waals surface area (Å²) in [5, 5.41) is 13.7. The maximum atomic E-state index is 14.4. The van der Waals surface area contributed by atoms with E-state index >= 15 is 0 Å². The molecule has 1 atom stereocenters. The molecule has 1 saturated carbocycles. The van der Waals surface area contributed by atoms with Gasteiger partial charge in [0.15, 0.2) is 0 Å². The molecule has 2 N–H and O–H groups in total. The topological polar surface area (TPSA) is 72.9 Å². The standard InChI is InChI=1S/C21H26FN3O3S.ClH/c22-18-9-3-4-10-19(18)25-21-12-6-5-11-20(21)24(29(25,27)28)14-13-17(26)15-23-16-7-1-2-8-16;/h3-6,9-12,16-17,23,26H,1-2,7-8,13-15H2;1H/t17-;/m0./s1. The number of benzene rings is 2. The Morgan fingerprint density at radius 2 is 1.63 bits per heavy atom. The molecule has 1 aliphatic heterocycles. The van der Waals surface area contributed by atoms with Crippen molar-refractivity contribution in [1.29, 1.82) is 0 Å². The van der Waals surface area contributed by atoms with Gasteiger partial charge in [-0.15, -0.1) is 12.4 Å². The lowest BCUT2D eigenvalue weighted by Gasteiger charge is -2.23. The lowest BCUT2D eigenvalue weighted by Crippen LogP contribution is -2.39. The number of para-hydroxylation sites is 3. The largest absolute Gasteiger partial charge is 0.392 e. The van der Waals surface area contributed by atoms with E-state index in [-0.39, 0.29) is 24.6 Å². The van der Waals surface area contributed by atoms with Gasteiger partial charge in [0.1, 0.15) is 5.82 Å². The number of halogens is 2. The summed E-state index contributed by atoms with van der Waals surface area (Å²) in [6.45, 7) is 0.565. The van der Waals surface area contributed by atoms with Crippen LogP contribution in [0.4, 0.5) is 21.5 Å². The van der Waals surface area contributed by atoms with E-state index in [0.29, 0.717) is 30.4 Å². The molecule has 2 aromatic rings. The van der Waals surface area contributed by atoms with Crippen LogP contribution >= 0.6 is 12.4 Å². The van der Waals surface area contributed by atoms with Gasteiger partial charge in [0.2, 0.25) is 0 Å². The van der Waals surface area contributed by atoms with Crippen LogP contribution in [0.3, 0.4) is 0 Å². The van der Waals surface area contributed by atoms with Crippen molar-refractivity contribution in [3.8, 4) is 0 Å². The molecule has 4 rings (SSSR count). The van der Waals surface area contributed by atoms with Crippen LogP contribution in [0.5, 0.6) is 0 Å². The van der Waals surface area contributed by atoms with Crippen molar-refractivity contribution < 1.29 is 17.9 Å². The first kappa shape index (κ1) is 22.8. The zero-order valence-electron chi connectivity index (χ0n) is 16.6. The number of nitrogens with one attached hydrogen (secondary N) is 1. The number of nitrogens with zero attached hydrogens (tertiary/aromatic N) is 2. The molecule has 1 heterocycles. The molecule has 0 saturated heterocycles. The Morgan fingerprint density at radius 1 is 1.03 bits per heavy atom. The van der Waals surface area contributed by atoms with E-state index in [0.717, 1.165) is 17.1 Å². The summed E-state index contributed by atoms with van der Waals surface area (Å²) in [6, 6.07) is 13.1. The molecule has 0 amide bonds. The van der Waals surface area contributed by atoms with E-state index < -0.39 is 22.1 Å². The third-order valence-electron chi connectivity index (χ3n) is 5.61. The van der Waals surface area contributed by atoms with Gasteiger partial charge in [-0.2, -0.15) is 8.42 Å². The fourth-order valence-electron chi connectivity index (χ4n) is 4.10. The third-order valence-corrected chi connectivity index (χ3v) is 7.40. The molecule has 0 unspecified atom stereocenters. The SMILES string of the molecule is Cl.O=S1(=O)N(CC[C@H](O)CNC2CCCC2)c2ccccc2N1c1ccccc1F. The quantitative estimate of drug-likeness (QED) is 0.667. The Labute approximate surface area is 183 Å². The lowest BCUT2D eigenvalue weighted by atomic mass is 10.2. The number of fused-ring (bicyclic) bond motifs is 1. The van der Waals surface area contributed by atoms with Gasteiger partial charge in [0, 0.05) is 19.1 Å². The van der Waals surface area contributed by atoms with Crippen LogP contribution < -0.4 is 13.9 Å². The first-order chi connectivity index (χ1) is 14.0. The molecule has 0 aromatic heterocycles. The minimum absolute atomic E-state index is 0. The highest BCUT2D eigenvalue weighted by Crippen LogP contribution is 2.45. The molecular formula is C21H27ClFN3O3S. The van der Waals surface area contributed by atoms with Gasteiger partial charge in [-0.3, -0.25) is 4.31 Å². The number of aliphatic hydroxyl groups is 1. The van der Waals surface area contributed by atoms with Crippen LogP contribution in [-0.4, -0.2) is 38.8 Å². The van der Waals surface area contributed by atoms with Crippen molar-refractivity contribution in [3.05, 3.63) is 54.3 Å². The third kappa shape index (κ3) is 4.42. The highest BCUT2D eigenvalue weighted by Gasteiger charge is 2.42. The molecule has 30 heavy (non-hydrogen) atoms. The summed E-state index contributed by atoms with van der Waals surface area (Å²) in [6.07, 6.45) is 4.31. The molecule has 6 nitrogen and oxygen atoms in total. The second kappa shape index (κ2) is 9.51. The van der Waals surface area contributed by atoms with Crippen LogP contribution in [0.15, 0.2) is 48.5 Å². The van der Waals surface area contributed by atoms with Crippen molar-refractivity contribution in [1.82, 2.24) is 5.32 Å². The van der Waals surface area contributed by atoms with E-state index in [1.165, 1.54) is 35.3 Å².